The summed E-state index contributed by atoms with van der Waals surface area (Å²) in [4.78, 5) is 8.59. The minimum absolute atomic E-state index is 0.520. The molecule has 0 atom stereocenters. The summed E-state index contributed by atoms with van der Waals surface area (Å²) in [5.41, 5.74) is 1.22. The number of fused-ring (bicyclic) bond motifs is 1. The summed E-state index contributed by atoms with van der Waals surface area (Å²) in [5, 5.41) is 0. The van der Waals surface area contributed by atoms with Crippen LogP contribution in [0.5, 0.6) is 0 Å². The molecule has 1 aromatic heterocycles. The van der Waals surface area contributed by atoms with Crippen LogP contribution in [0.2, 0.25) is 0 Å². The monoisotopic (exact) mass is 162 g/mol. The average molecular weight is 162 g/mol. The van der Waals surface area contributed by atoms with Gasteiger partial charge in [-0.05, 0) is 0 Å². The molecule has 0 bridgehead atoms. The summed E-state index contributed by atoms with van der Waals surface area (Å²) in [7, 11) is 0. The van der Waals surface area contributed by atoms with E-state index in [-0.39, 0.29) is 0 Å². The van der Waals surface area contributed by atoms with Gasteiger partial charge in [-0.3, -0.25) is 0 Å². The van der Waals surface area contributed by atoms with Gasteiger partial charge in [0.2, 0.25) is 0 Å². The highest BCUT2D eigenvalue weighted by Crippen LogP contribution is 2.11. The Morgan fingerprint density at radius 3 is 3.00 bits per heavy atom. The van der Waals surface area contributed by atoms with Crippen LogP contribution < -0.4 is 4.57 Å². The number of aromatic nitrogens is 2. The molecule has 2 heterocycles. The number of rotatable bonds is 1. The number of nitrogens with zero attached hydrogens (tertiary/aromatic N) is 3. The summed E-state index contributed by atoms with van der Waals surface area (Å²) in [6.45, 7) is 5.22. The third kappa shape index (κ3) is 1.11. The fourth-order valence-corrected chi connectivity index (χ4v) is 1.26. The van der Waals surface area contributed by atoms with E-state index in [0.717, 1.165) is 12.5 Å². The molecular formula is C9H12N3+. The molecule has 0 saturated heterocycles. The van der Waals surface area contributed by atoms with Crippen molar-refractivity contribution in [2.24, 2.45) is 10.9 Å². The second-order valence-corrected chi connectivity index (χ2v) is 3.31. The highest BCUT2D eigenvalue weighted by atomic mass is 15.2. The zero-order valence-corrected chi connectivity index (χ0v) is 7.36. The number of aliphatic imine (C=N–C) groups is 1. The van der Waals surface area contributed by atoms with Gasteiger partial charge in [0.15, 0.2) is 0 Å². The highest BCUT2D eigenvalue weighted by Gasteiger charge is 2.24. The Morgan fingerprint density at radius 1 is 1.50 bits per heavy atom. The molecule has 1 aliphatic heterocycles. The molecule has 3 nitrogen and oxygen atoms in total. The molecule has 1 aromatic rings. The van der Waals surface area contributed by atoms with E-state index in [1.54, 1.807) is 6.20 Å². The van der Waals surface area contributed by atoms with Gasteiger partial charge in [-0.1, -0.05) is 23.8 Å². The largest absolute Gasteiger partial charge is 0.433 e. The molecule has 0 fully saturated rings. The highest BCUT2D eigenvalue weighted by molar-refractivity contribution is 5.87. The van der Waals surface area contributed by atoms with Gasteiger partial charge in [0, 0.05) is 12.0 Å². The fraction of sp³-hybridized carbons (Fsp3) is 0.444. The van der Waals surface area contributed by atoms with Crippen molar-refractivity contribution < 1.29 is 4.57 Å². The predicted molar refractivity (Wildman–Crippen MR) is 46.4 cm³/mol. The van der Waals surface area contributed by atoms with Crippen LogP contribution in [0.4, 0.5) is 5.95 Å². The zero-order valence-electron chi connectivity index (χ0n) is 7.36. The molecule has 0 N–H and O–H groups in total. The van der Waals surface area contributed by atoms with Crippen LogP contribution in [-0.4, -0.2) is 10.7 Å². The second-order valence-electron chi connectivity index (χ2n) is 3.31. The lowest BCUT2D eigenvalue weighted by atomic mass is 10.1. The first-order valence-corrected chi connectivity index (χ1v) is 4.19. The molecule has 0 spiro atoms. The van der Waals surface area contributed by atoms with E-state index in [2.05, 4.69) is 28.4 Å². The van der Waals surface area contributed by atoms with E-state index in [1.807, 2.05) is 12.3 Å². The summed E-state index contributed by atoms with van der Waals surface area (Å²) in [6.07, 6.45) is 3.79. The van der Waals surface area contributed by atoms with Gasteiger partial charge >= 0.3 is 5.95 Å². The van der Waals surface area contributed by atoms with E-state index in [4.69, 9.17) is 0 Å². The van der Waals surface area contributed by atoms with Gasteiger partial charge in [0.05, 0.1) is 6.20 Å². The quantitative estimate of drug-likeness (QED) is 0.569. The molecule has 0 aromatic carbocycles. The molecule has 12 heavy (non-hydrogen) atoms. The molecular weight excluding hydrogens is 150 g/mol. The van der Waals surface area contributed by atoms with E-state index in [0.29, 0.717) is 5.92 Å². The van der Waals surface area contributed by atoms with Crippen molar-refractivity contribution >= 4 is 11.7 Å². The maximum Gasteiger partial charge on any atom is 0.433 e. The normalized spacial score (nSPS) is 14.8. The van der Waals surface area contributed by atoms with Crippen molar-refractivity contribution in [2.45, 2.75) is 20.4 Å². The SMILES string of the molecule is CC(C)C1=Nc2nccc[n+]2C1. The lowest BCUT2D eigenvalue weighted by Gasteiger charge is -1.97. The Balaban J connectivity index is 2.35. The molecule has 2 rings (SSSR count). The molecule has 0 aliphatic carbocycles. The predicted octanol–water partition coefficient (Wildman–Crippen LogP) is 1.11. The Labute approximate surface area is 71.8 Å². The Hall–Kier alpha value is -1.25. The number of hydrogen-bond acceptors (Lipinski definition) is 2. The minimum Gasteiger partial charge on any atom is -0.225 e. The molecule has 0 radical (unpaired) electrons. The first-order valence-electron chi connectivity index (χ1n) is 4.19. The Bertz CT molecular complexity index is 328. The third-order valence-electron chi connectivity index (χ3n) is 2.04. The van der Waals surface area contributed by atoms with Crippen LogP contribution in [0.3, 0.4) is 0 Å². The lowest BCUT2D eigenvalue weighted by molar-refractivity contribution is -0.666. The second kappa shape index (κ2) is 2.66. The van der Waals surface area contributed by atoms with Gasteiger partial charge in [-0.2, -0.15) is 0 Å². The van der Waals surface area contributed by atoms with E-state index < -0.39 is 0 Å². The van der Waals surface area contributed by atoms with Gasteiger partial charge in [-0.15, -0.1) is 0 Å². The molecule has 1 aliphatic rings. The van der Waals surface area contributed by atoms with Gasteiger partial charge in [-0.25, -0.2) is 4.57 Å². The minimum atomic E-state index is 0.520. The summed E-state index contributed by atoms with van der Waals surface area (Å²) in [6, 6.07) is 1.93. The van der Waals surface area contributed by atoms with Crippen LogP contribution in [-0.2, 0) is 6.54 Å². The van der Waals surface area contributed by atoms with Crippen LogP contribution in [0.25, 0.3) is 0 Å². The van der Waals surface area contributed by atoms with Crippen molar-refractivity contribution in [2.75, 3.05) is 0 Å². The van der Waals surface area contributed by atoms with Crippen molar-refractivity contribution in [1.82, 2.24) is 4.98 Å². The van der Waals surface area contributed by atoms with Gasteiger partial charge < -0.3 is 0 Å². The van der Waals surface area contributed by atoms with Crippen molar-refractivity contribution in [1.29, 1.82) is 0 Å². The fourth-order valence-electron chi connectivity index (χ4n) is 1.26. The van der Waals surface area contributed by atoms with Crippen LogP contribution in [0.15, 0.2) is 23.5 Å². The van der Waals surface area contributed by atoms with E-state index in [9.17, 15) is 0 Å². The van der Waals surface area contributed by atoms with Crippen molar-refractivity contribution in [3.63, 3.8) is 0 Å². The Morgan fingerprint density at radius 2 is 2.33 bits per heavy atom. The van der Waals surface area contributed by atoms with Gasteiger partial charge in [0.25, 0.3) is 0 Å². The van der Waals surface area contributed by atoms with Gasteiger partial charge in [0.1, 0.15) is 18.5 Å². The summed E-state index contributed by atoms with van der Waals surface area (Å²) in [5.74, 6) is 1.35. The average Bonchev–Trinajstić information content (AvgIpc) is 2.46. The smallest absolute Gasteiger partial charge is 0.225 e. The maximum absolute atomic E-state index is 4.42. The maximum atomic E-state index is 4.42. The summed E-state index contributed by atoms with van der Waals surface area (Å²) < 4.78 is 2.06. The van der Waals surface area contributed by atoms with Crippen molar-refractivity contribution in [3.8, 4) is 0 Å². The molecule has 0 amide bonds. The first-order chi connectivity index (χ1) is 5.77. The Kier molecular flexibility index (Phi) is 1.64. The van der Waals surface area contributed by atoms with E-state index >= 15 is 0 Å². The standard InChI is InChI=1S/C9H12N3/c1-7(2)8-6-12-5-3-4-10-9(12)11-8/h3-5,7H,6H2,1-2H3/q+1. The van der Waals surface area contributed by atoms with Crippen LogP contribution >= 0.6 is 0 Å². The van der Waals surface area contributed by atoms with Crippen LogP contribution in [0.1, 0.15) is 13.8 Å². The topological polar surface area (TPSA) is 29.1 Å². The van der Waals surface area contributed by atoms with Crippen LogP contribution in [0, 0.1) is 5.92 Å². The zero-order chi connectivity index (χ0) is 8.55. The van der Waals surface area contributed by atoms with Crippen molar-refractivity contribution in [3.05, 3.63) is 18.5 Å². The first kappa shape index (κ1) is 7.40. The summed E-state index contributed by atoms with van der Waals surface area (Å²) >= 11 is 0. The number of hydrogen-bond donors (Lipinski definition) is 0. The van der Waals surface area contributed by atoms with E-state index in [1.165, 1.54) is 5.71 Å². The molecule has 3 heteroatoms. The lowest BCUT2D eigenvalue weighted by Crippen LogP contribution is -2.34. The molecule has 0 unspecified atom stereocenters. The third-order valence-corrected chi connectivity index (χ3v) is 2.04. The molecule has 0 saturated carbocycles. The molecule has 62 valence electrons.